The van der Waals surface area contributed by atoms with Crippen LogP contribution in [0.2, 0.25) is 0 Å². The summed E-state index contributed by atoms with van der Waals surface area (Å²) in [4.78, 5) is 11.9. The second kappa shape index (κ2) is 5.57. The van der Waals surface area contributed by atoms with Crippen LogP contribution in [0.15, 0.2) is 31.9 Å². The van der Waals surface area contributed by atoms with E-state index in [0.29, 0.717) is 11.1 Å². The number of fused-ring (bicyclic) bond motifs is 1. The average molecular weight is 311 g/mol. The second-order valence-corrected chi connectivity index (χ2v) is 4.93. The fourth-order valence-corrected chi connectivity index (χ4v) is 2.50. The van der Waals surface area contributed by atoms with Crippen molar-refractivity contribution in [3.8, 4) is 5.75 Å². The molecule has 2 aromatic rings. The van der Waals surface area contributed by atoms with Crippen molar-refractivity contribution >= 4 is 26.7 Å². The van der Waals surface area contributed by atoms with E-state index in [9.17, 15) is 4.79 Å². The van der Waals surface area contributed by atoms with Gasteiger partial charge < -0.3 is 9.15 Å². The lowest BCUT2D eigenvalue weighted by Crippen LogP contribution is -2.04. The first-order valence-electron chi connectivity index (χ1n) is 5.96. The Morgan fingerprint density at radius 1 is 1.33 bits per heavy atom. The van der Waals surface area contributed by atoms with E-state index in [1.807, 2.05) is 12.1 Å². The number of halogens is 1. The molecule has 2 rings (SSSR count). The van der Waals surface area contributed by atoms with Crippen LogP contribution in [0.25, 0.3) is 10.8 Å². The van der Waals surface area contributed by atoms with E-state index in [1.165, 1.54) is 0 Å². The van der Waals surface area contributed by atoms with Crippen molar-refractivity contribution in [2.75, 3.05) is 7.11 Å². The van der Waals surface area contributed by atoms with Crippen LogP contribution in [-0.4, -0.2) is 7.11 Å². The fraction of sp³-hybridized carbons (Fsp3) is 0.357. The van der Waals surface area contributed by atoms with Gasteiger partial charge in [0.15, 0.2) is 0 Å². The summed E-state index contributed by atoms with van der Waals surface area (Å²) in [6, 6.07) is 5.43. The topological polar surface area (TPSA) is 39.4 Å². The molecular formula is C14H15BrO3. The van der Waals surface area contributed by atoms with Gasteiger partial charge in [-0.1, -0.05) is 13.3 Å². The Hall–Kier alpha value is -1.29. The second-order valence-electron chi connectivity index (χ2n) is 4.14. The summed E-state index contributed by atoms with van der Waals surface area (Å²) >= 11 is 3.52. The first-order chi connectivity index (χ1) is 8.67. The number of benzene rings is 1. The highest BCUT2D eigenvalue weighted by molar-refractivity contribution is 9.10. The maximum absolute atomic E-state index is 11.9. The SMILES string of the molecule is CCCCc1oc(=O)c2cc(OC)ccc2c1Br. The first-order valence-corrected chi connectivity index (χ1v) is 6.76. The Bertz CT molecular complexity index is 616. The summed E-state index contributed by atoms with van der Waals surface area (Å²) in [5, 5.41) is 1.42. The molecule has 3 nitrogen and oxygen atoms in total. The molecule has 0 saturated heterocycles. The van der Waals surface area contributed by atoms with Gasteiger partial charge in [-0.15, -0.1) is 0 Å². The molecule has 0 radical (unpaired) electrons. The number of methoxy groups -OCH3 is 1. The highest BCUT2D eigenvalue weighted by atomic mass is 79.9. The molecule has 1 aromatic carbocycles. The standard InChI is InChI=1S/C14H15BrO3/c1-3-4-5-12-13(15)10-7-6-9(17-2)8-11(10)14(16)18-12/h6-8H,3-5H2,1-2H3. The lowest BCUT2D eigenvalue weighted by Gasteiger charge is -2.07. The Kier molecular flexibility index (Phi) is 4.07. The lowest BCUT2D eigenvalue weighted by molar-refractivity contribution is 0.414. The van der Waals surface area contributed by atoms with Gasteiger partial charge in [-0.3, -0.25) is 0 Å². The zero-order valence-corrected chi connectivity index (χ0v) is 12.0. The van der Waals surface area contributed by atoms with Gasteiger partial charge in [0, 0.05) is 11.8 Å². The molecule has 0 bridgehead atoms. The quantitative estimate of drug-likeness (QED) is 0.859. The summed E-state index contributed by atoms with van der Waals surface area (Å²) < 4.78 is 11.4. The minimum Gasteiger partial charge on any atom is -0.497 e. The molecule has 4 heteroatoms. The largest absolute Gasteiger partial charge is 0.497 e. The van der Waals surface area contributed by atoms with Crippen LogP contribution in [0, 0.1) is 0 Å². The third-order valence-electron chi connectivity index (χ3n) is 2.90. The molecule has 1 heterocycles. The van der Waals surface area contributed by atoms with Gasteiger partial charge in [-0.25, -0.2) is 4.79 Å². The monoisotopic (exact) mass is 310 g/mol. The number of hydrogen-bond acceptors (Lipinski definition) is 3. The maximum Gasteiger partial charge on any atom is 0.344 e. The molecular weight excluding hydrogens is 296 g/mol. The zero-order chi connectivity index (χ0) is 13.1. The molecule has 1 aromatic heterocycles. The lowest BCUT2D eigenvalue weighted by atomic mass is 10.1. The van der Waals surface area contributed by atoms with E-state index in [1.54, 1.807) is 13.2 Å². The van der Waals surface area contributed by atoms with Gasteiger partial charge in [0.05, 0.1) is 17.0 Å². The van der Waals surface area contributed by atoms with Crippen LogP contribution in [-0.2, 0) is 6.42 Å². The van der Waals surface area contributed by atoms with Crippen LogP contribution in [0.3, 0.4) is 0 Å². The van der Waals surface area contributed by atoms with Crippen molar-refractivity contribution in [3.63, 3.8) is 0 Å². The molecule has 0 spiro atoms. The summed E-state index contributed by atoms with van der Waals surface area (Å²) in [5.74, 6) is 1.38. The van der Waals surface area contributed by atoms with E-state index in [0.717, 1.165) is 34.9 Å². The molecule has 0 atom stereocenters. The predicted molar refractivity (Wildman–Crippen MR) is 75.3 cm³/mol. The van der Waals surface area contributed by atoms with E-state index in [2.05, 4.69) is 22.9 Å². The number of unbranched alkanes of at least 4 members (excludes halogenated alkanes) is 1. The molecule has 0 saturated carbocycles. The van der Waals surface area contributed by atoms with E-state index in [-0.39, 0.29) is 5.63 Å². The minimum absolute atomic E-state index is 0.307. The van der Waals surface area contributed by atoms with Crippen molar-refractivity contribution < 1.29 is 9.15 Å². The van der Waals surface area contributed by atoms with Crippen LogP contribution in [0.1, 0.15) is 25.5 Å². The Balaban J connectivity index is 2.60. The van der Waals surface area contributed by atoms with Crippen LogP contribution < -0.4 is 10.4 Å². The van der Waals surface area contributed by atoms with Gasteiger partial charge in [0.25, 0.3) is 0 Å². The molecule has 0 unspecified atom stereocenters. The molecule has 0 N–H and O–H groups in total. The predicted octanol–water partition coefficient (Wildman–Crippen LogP) is 3.91. The van der Waals surface area contributed by atoms with Crippen molar-refractivity contribution in [2.45, 2.75) is 26.2 Å². The van der Waals surface area contributed by atoms with Gasteiger partial charge in [-0.2, -0.15) is 0 Å². The number of aryl methyl sites for hydroxylation is 1. The summed E-state index contributed by atoms with van der Waals surface area (Å²) in [6.07, 6.45) is 2.84. The van der Waals surface area contributed by atoms with Gasteiger partial charge in [0.1, 0.15) is 11.5 Å². The molecule has 96 valence electrons. The Morgan fingerprint density at radius 3 is 2.78 bits per heavy atom. The van der Waals surface area contributed by atoms with Gasteiger partial charge in [-0.05, 0) is 40.5 Å². The summed E-state index contributed by atoms with van der Waals surface area (Å²) in [5.41, 5.74) is -0.307. The third-order valence-corrected chi connectivity index (χ3v) is 3.77. The smallest absolute Gasteiger partial charge is 0.344 e. The Labute approximate surface area is 114 Å². The maximum atomic E-state index is 11.9. The number of rotatable bonds is 4. The molecule has 0 aliphatic rings. The van der Waals surface area contributed by atoms with Crippen LogP contribution >= 0.6 is 15.9 Å². The van der Waals surface area contributed by atoms with E-state index >= 15 is 0 Å². The normalized spacial score (nSPS) is 10.8. The Morgan fingerprint density at radius 2 is 2.11 bits per heavy atom. The van der Waals surface area contributed by atoms with E-state index in [4.69, 9.17) is 9.15 Å². The molecule has 18 heavy (non-hydrogen) atoms. The van der Waals surface area contributed by atoms with Gasteiger partial charge >= 0.3 is 5.63 Å². The third kappa shape index (κ3) is 2.43. The first kappa shape index (κ1) is 13.1. The van der Waals surface area contributed by atoms with Crippen molar-refractivity contribution in [2.24, 2.45) is 0 Å². The van der Waals surface area contributed by atoms with Crippen LogP contribution in [0.5, 0.6) is 5.75 Å². The molecule has 0 aliphatic carbocycles. The van der Waals surface area contributed by atoms with Crippen molar-refractivity contribution in [3.05, 3.63) is 38.9 Å². The fourth-order valence-electron chi connectivity index (χ4n) is 1.87. The van der Waals surface area contributed by atoms with Crippen LogP contribution in [0.4, 0.5) is 0 Å². The molecule has 0 amide bonds. The summed E-state index contributed by atoms with van der Waals surface area (Å²) in [6.45, 7) is 2.11. The number of hydrogen-bond donors (Lipinski definition) is 0. The summed E-state index contributed by atoms with van der Waals surface area (Å²) in [7, 11) is 1.58. The van der Waals surface area contributed by atoms with E-state index < -0.39 is 0 Å². The average Bonchev–Trinajstić information content (AvgIpc) is 2.40. The number of ether oxygens (including phenoxy) is 1. The molecule has 0 aliphatic heterocycles. The highest BCUT2D eigenvalue weighted by Crippen LogP contribution is 2.28. The molecule has 0 fully saturated rings. The van der Waals surface area contributed by atoms with Crippen molar-refractivity contribution in [1.29, 1.82) is 0 Å². The minimum atomic E-state index is -0.307. The zero-order valence-electron chi connectivity index (χ0n) is 10.5. The van der Waals surface area contributed by atoms with Crippen molar-refractivity contribution in [1.82, 2.24) is 0 Å². The van der Waals surface area contributed by atoms with Gasteiger partial charge in [0.2, 0.25) is 0 Å². The highest BCUT2D eigenvalue weighted by Gasteiger charge is 2.12.